The second kappa shape index (κ2) is 9.65. The number of benzene rings is 3. The van der Waals surface area contributed by atoms with Crippen LogP contribution in [0.3, 0.4) is 0 Å². The number of para-hydroxylation sites is 2. The quantitative estimate of drug-likeness (QED) is 0.277. The Bertz CT molecular complexity index is 1240. The van der Waals surface area contributed by atoms with Gasteiger partial charge in [-0.1, -0.05) is 42.1 Å². The Kier molecular flexibility index (Phi) is 6.51. The number of carbonyl (C=O) groups is 1. The number of Topliss-reactive ketones (excluding diaryl/α,β-unsaturated/α-hetero) is 1. The van der Waals surface area contributed by atoms with Gasteiger partial charge in [-0.05, 0) is 42.5 Å². The Balaban J connectivity index is 1.67. The Morgan fingerprint density at radius 1 is 0.938 bits per heavy atom. The van der Waals surface area contributed by atoms with Crippen molar-refractivity contribution in [2.24, 2.45) is 0 Å². The monoisotopic (exact) mass is 449 g/mol. The van der Waals surface area contributed by atoms with Gasteiger partial charge in [0.1, 0.15) is 5.75 Å². The molecule has 0 atom stereocenters. The normalized spacial score (nSPS) is 10.7. The summed E-state index contributed by atoms with van der Waals surface area (Å²) in [5.41, 5.74) is 1.90. The minimum absolute atomic E-state index is 0.0721. The summed E-state index contributed by atoms with van der Waals surface area (Å²) in [5, 5.41) is 9.25. The minimum atomic E-state index is -0.575. The zero-order valence-corrected chi connectivity index (χ0v) is 18.3. The highest BCUT2D eigenvalue weighted by Gasteiger charge is 2.20. The van der Waals surface area contributed by atoms with Gasteiger partial charge in [-0.2, -0.15) is 0 Å². The predicted molar refractivity (Wildman–Crippen MR) is 121 cm³/mol. The Labute approximate surface area is 189 Å². The van der Waals surface area contributed by atoms with Gasteiger partial charge in [-0.25, -0.2) is 4.39 Å². The van der Waals surface area contributed by atoms with Crippen LogP contribution in [0.1, 0.15) is 10.4 Å². The van der Waals surface area contributed by atoms with Gasteiger partial charge in [0.15, 0.2) is 28.3 Å². The summed E-state index contributed by atoms with van der Waals surface area (Å²) in [6.07, 6.45) is 0. The maximum Gasteiger partial charge on any atom is 0.196 e. The van der Waals surface area contributed by atoms with Crippen LogP contribution in [0.25, 0.3) is 17.1 Å². The molecular formula is C24H20FN3O3S. The summed E-state index contributed by atoms with van der Waals surface area (Å²) in [5.74, 6) is 0.632. The number of ether oxygens (including phenoxy) is 2. The van der Waals surface area contributed by atoms with Crippen LogP contribution >= 0.6 is 11.8 Å². The van der Waals surface area contributed by atoms with Crippen LogP contribution in [0, 0.1) is 5.82 Å². The number of aromatic nitrogens is 3. The van der Waals surface area contributed by atoms with Crippen molar-refractivity contribution < 1.29 is 18.7 Å². The smallest absolute Gasteiger partial charge is 0.196 e. The van der Waals surface area contributed by atoms with Gasteiger partial charge < -0.3 is 9.47 Å². The van der Waals surface area contributed by atoms with Gasteiger partial charge in [-0.15, -0.1) is 10.2 Å². The fourth-order valence-corrected chi connectivity index (χ4v) is 4.08. The van der Waals surface area contributed by atoms with Gasteiger partial charge in [0.25, 0.3) is 0 Å². The van der Waals surface area contributed by atoms with E-state index >= 15 is 0 Å². The molecule has 4 rings (SSSR count). The number of rotatable bonds is 8. The van der Waals surface area contributed by atoms with Gasteiger partial charge >= 0.3 is 0 Å². The van der Waals surface area contributed by atoms with Crippen LogP contribution in [0.15, 0.2) is 78.0 Å². The highest BCUT2D eigenvalue weighted by molar-refractivity contribution is 7.99. The molecule has 0 spiro atoms. The van der Waals surface area contributed by atoms with Gasteiger partial charge in [-0.3, -0.25) is 9.36 Å². The fraction of sp³-hybridized carbons (Fsp3) is 0.125. The van der Waals surface area contributed by atoms with E-state index in [0.717, 1.165) is 11.3 Å². The number of hydrogen-bond donors (Lipinski definition) is 0. The van der Waals surface area contributed by atoms with Crippen LogP contribution in [-0.2, 0) is 0 Å². The number of nitrogens with zero attached hydrogens (tertiary/aromatic N) is 3. The van der Waals surface area contributed by atoms with E-state index in [1.807, 2.05) is 59.2 Å². The maximum absolute atomic E-state index is 14.0. The second-order valence-corrected chi connectivity index (χ2v) is 7.68. The predicted octanol–water partition coefficient (Wildman–Crippen LogP) is 5.07. The molecule has 0 amide bonds. The van der Waals surface area contributed by atoms with Crippen LogP contribution in [-0.4, -0.2) is 40.5 Å². The summed E-state index contributed by atoms with van der Waals surface area (Å²) in [4.78, 5) is 12.7. The lowest BCUT2D eigenvalue weighted by Crippen LogP contribution is -2.06. The molecule has 0 saturated heterocycles. The van der Waals surface area contributed by atoms with E-state index in [-0.39, 0.29) is 22.8 Å². The van der Waals surface area contributed by atoms with Crippen molar-refractivity contribution in [2.45, 2.75) is 5.16 Å². The number of hydrogen-bond acceptors (Lipinski definition) is 6. The standard InChI is InChI=1S/C24H20FN3O3S/c1-30-21-11-7-6-10-18(21)23-26-27-24(28(23)17-8-4-3-5-9-17)32-15-20(29)16-12-13-22(31-2)19(25)14-16/h3-14H,15H2,1-2H3. The molecule has 0 bridgehead atoms. The molecule has 6 nitrogen and oxygen atoms in total. The molecule has 0 aliphatic heterocycles. The summed E-state index contributed by atoms with van der Waals surface area (Å²) in [7, 11) is 2.98. The summed E-state index contributed by atoms with van der Waals surface area (Å²) >= 11 is 1.23. The van der Waals surface area contributed by atoms with Gasteiger partial charge in [0.2, 0.25) is 0 Å². The lowest BCUT2D eigenvalue weighted by atomic mass is 10.1. The molecule has 0 saturated carbocycles. The van der Waals surface area contributed by atoms with Crippen molar-refractivity contribution in [1.29, 1.82) is 0 Å². The van der Waals surface area contributed by atoms with E-state index in [2.05, 4.69) is 10.2 Å². The molecular weight excluding hydrogens is 429 g/mol. The summed E-state index contributed by atoms with van der Waals surface area (Å²) in [6, 6.07) is 21.4. The van der Waals surface area contributed by atoms with Crippen molar-refractivity contribution in [2.75, 3.05) is 20.0 Å². The molecule has 0 radical (unpaired) electrons. The first-order chi connectivity index (χ1) is 15.6. The third kappa shape index (κ3) is 4.36. The first-order valence-corrected chi connectivity index (χ1v) is 10.7. The zero-order chi connectivity index (χ0) is 22.5. The average molecular weight is 450 g/mol. The highest BCUT2D eigenvalue weighted by Crippen LogP contribution is 2.33. The number of ketones is 1. The Morgan fingerprint density at radius 2 is 1.66 bits per heavy atom. The lowest BCUT2D eigenvalue weighted by molar-refractivity contribution is 0.102. The molecule has 32 heavy (non-hydrogen) atoms. The first-order valence-electron chi connectivity index (χ1n) is 9.76. The number of halogens is 1. The molecule has 4 aromatic rings. The van der Waals surface area contributed by atoms with Crippen LogP contribution in [0.5, 0.6) is 11.5 Å². The van der Waals surface area contributed by atoms with Crippen LogP contribution in [0.4, 0.5) is 4.39 Å². The highest BCUT2D eigenvalue weighted by atomic mass is 32.2. The van der Waals surface area contributed by atoms with Crippen molar-refractivity contribution >= 4 is 17.5 Å². The Morgan fingerprint density at radius 3 is 2.38 bits per heavy atom. The number of carbonyl (C=O) groups excluding carboxylic acids is 1. The first kappa shape index (κ1) is 21.6. The number of thioether (sulfide) groups is 1. The topological polar surface area (TPSA) is 66.2 Å². The summed E-state index contributed by atoms with van der Waals surface area (Å²) < 4.78 is 26.3. The molecule has 3 aromatic carbocycles. The van der Waals surface area contributed by atoms with Crippen LogP contribution in [0.2, 0.25) is 0 Å². The van der Waals surface area contributed by atoms with Crippen molar-refractivity contribution in [3.05, 3.63) is 84.2 Å². The van der Waals surface area contributed by atoms with Crippen molar-refractivity contribution in [3.8, 4) is 28.6 Å². The molecule has 0 fully saturated rings. The van der Waals surface area contributed by atoms with E-state index in [1.165, 1.54) is 31.0 Å². The van der Waals surface area contributed by atoms with E-state index < -0.39 is 5.82 Å². The molecule has 162 valence electrons. The van der Waals surface area contributed by atoms with E-state index in [4.69, 9.17) is 9.47 Å². The molecule has 8 heteroatoms. The van der Waals surface area contributed by atoms with E-state index in [1.54, 1.807) is 13.2 Å². The van der Waals surface area contributed by atoms with Crippen LogP contribution < -0.4 is 9.47 Å². The average Bonchev–Trinajstić information content (AvgIpc) is 3.26. The lowest BCUT2D eigenvalue weighted by Gasteiger charge is -2.12. The molecule has 1 heterocycles. The molecule has 0 aliphatic rings. The van der Waals surface area contributed by atoms with Crippen molar-refractivity contribution in [1.82, 2.24) is 14.8 Å². The Hall–Kier alpha value is -3.65. The third-order valence-corrected chi connectivity index (χ3v) is 5.73. The van der Waals surface area contributed by atoms with E-state index in [0.29, 0.717) is 16.7 Å². The molecule has 0 aliphatic carbocycles. The second-order valence-electron chi connectivity index (χ2n) is 6.74. The molecule has 1 aromatic heterocycles. The summed E-state index contributed by atoms with van der Waals surface area (Å²) in [6.45, 7) is 0. The largest absolute Gasteiger partial charge is 0.496 e. The van der Waals surface area contributed by atoms with E-state index in [9.17, 15) is 9.18 Å². The fourth-order valence-electron chi connectivity index (χ4n) is 3.23. The zero-order valence-electron chi connectivity index (χ0n) is 17.5. The maximum atomic E-state index is 14.0. The SMILES string of the molecule is COc1ccc(C(=O)CSc2nnc(-c3ccccc3OC)n2-c2ccccc2)cc1F. The van der Waals surface area contributed by atoms with Gasteiger partial charge in [0.05, 0.1) is 25.5 Å². The molecule has 0 N–H and O–H groups in total. The molecule has 0 unspecified atom stereocenters. The minimum Gasteiger partial charge on any atom is -0.496 e. The number of methoxy groups -OCH3 is 2. The van der Waals surface area contributed by atoms with Gasteiger partial charge in [0, 0.05) is 11.3 Å². The third-order valence-electron chi connectivity index (χ3n) is 4.80. The van der Waals surface area contributed by atoms with Crippen molar-refractivity contribution in [3.63, 3.8) is 0 Å².